The Labute approximate surface area is 175 Å². The molecule has 3 rings (SSSR count). The highest BCUT2D eigenvalue weighted by Crippen LogP contribution is 2.24. The highest BCUT2D eigenvalue weighted by atomic mass is 16.5. The minimum atomic E-state index is -0.916. The standard InChI is InChI=1S/C24H23NO5/c1-17(26)25(20-9-13-22(28)14-10-20)23(15-18-7-11-21(27)12-8-18)24(29)30-16-19-5-3-2-4-6-19/h2-14,23,27-28H,15-16H2,1H3. The van der Waals surface area contributed by atoms with E-state index in [4.69, 9.17) is 4.74 Å². The first-order chi connectivity index (χ1) is 14.4. The molecule has 30 heavy (non-hydrogen) atoms. The number of rotatable bonds is 7. The second-order valence-corrected chi connectivity index (χ2v) is 6.89. The molecule has 1 atom stereocenters. The predicted molar refractivity (Wildman–Crippen MR) is 113 cm³/mol. The third-order valence-corrected chi connectivity index (χ3v) is 4.64. The van der Waals surface area contributed by atoms with Gasteiger partial charge < -0.3 is 14.9 Å². The van der Waals surface area contributed by atoms with Crippen LogP contribution in [0.2, 0.25) is 0 Å². The molecule has 0 radical (unpaired) electrons. The van der Waals surface area contributed by atoms with E-state index in [1.165, 1.54) is 36.1 Å². The molecule has 0 saturated carbocycles. The largest absolute Gasteiger partial charge is 0.508 e. The molecule has 1 unspecified atom stereocenters. The van der Waals surface area contributed by atoms with Crippen LogP contribution in [0.25, 0.3) is 0 Å². The maximum absolute atomic E-state index is 13.1. The summed E-state index contributed by atoms with van der Waals surface area (Å²) >= 11 is 0. The van der Waals surface area contributed by atoms with Crippen LogP contribution < -0.4 is 4.90 Å². The second kappa shape index (κ2) is 9.60. The lowest BCUT2D eigenvalue weighted by molar-refractivity contribution is -0.147. The van der Waals surface area contributed by atoms with Gasteiger partial charge in [0.1, 0.15) is 24.1 Å². The molecule has 6 nitrogen and oxygen atoms in total. The summed E-state index contributed by atoms with van der Waals surface area (Å²) in [6.45, 7) is 1.47. The monoisotopic (exact) mass is 405 g/mol. The fraction of sp³-hybridized carbons (Fsp3) is 0.167. The Bertz CT molecular complexity index is 984. The number of carbonyl (C=O) groups excluding carboxylic acids is 2. The lowest BCUT2D eigenvalue weighted by Crippen LogP contribution is -2.46. The van der Waals surface area contributed by atoms with E-state index in [9.17, 15) is 19.8 Å². The highest BCUT2D eigenvalue weighted by molar-refractivity contribution is 5.98. The van der Waals surface area contributed by atoms with Crippen molar-refractivity contribution in [3.63, 3.8) is 0 Å². The van der Waals surface area contributed by atoms with Gasteiger partial charge in [-0.25, -0.2) is 4.79 Å². The van der Waals surface area contributed by atoms with Gasteiger partial charge in [-0.15, -0.1) is 0 Å². The number of esters is 1. The number of amides is 1. The molecule has 2 N–H and O–H groups in total. The topological polar surface area (TPSA) is 87.1 Å². The van der Waals surface area contributed by atoms with Crippen molar-refractivity contribution in [1.82, 2.24) is 0 Å². The molecule has 0 saturated heterocycles. The molecule has 0 fully saturated rings. The zero-order valence-corrected chi connectivity index (χ0v) is 16.6. The number of nitrogens with zero attached hydrogens (tertiary/aromatic N) is 1. The number of phenolic OH excluding ortho intramolecular Hbond substituents is 2. The molecule has 0 aromatic heterocycles. The van der Waals surface area contributed by atoms with Gasteiger partial charge in [0.2, 0.25) is 5.91 Å². The number of aromatic hydroxyl groups is 2. The molecule has 6 heteroatoms. The van der Waals surface area contributed by atoms with Crippen LogP contribution in [0.5, 0.6) is 11.5 Å². The van der Waals surface area contributed by atoms with Crippen LogP contribution in [0.15, 0.2) is 78.9 Å². The summed E-state index contributed by atoms with van der Waals surface area (Å²) in [4.78, 5) is 26.9. The van der Waals surface area contributed by atoms with Gasteiger partial charge in [0.15, 0.2) is 0 Å². The summed E-state index contributed by atoms with van der Waals surface area (Å²) in [5, 5.41) is 19.1. The number of hydrogen-bond acceptors (Lipinski definition) is 5. The van der Waals surface area contributed by atoms with Gasteiger partial charge >= 0.3 is 5.97 Å². The summed E-state index contributed by atoms with van der Waals surface area (Å²) in [5.74, 6) is -0.704. The third-order valence-electron chi connectivity index (χ3n) is 4.64. The third kappa shape index (κ3) is 5.38. The molecule has 1 amide bonds. The lowest BCUT2D eigenvalue weighted by atomic mass is 10.0. The summed E-state index contributed by atoms with van der Waals surface area (Å²) < 4.78 is 5.53. The Hall–Kier alpha value is -3.80. The van der Waals surface area contributed by atoms with E-state index < -0.39 is 12.0 Å². The quantitative estimate of drug-likeness (QED) is 0.584. The van der Waals surface area contributed by atoms with Crippen molar-refractivity contribution < 1.29 is 24.5 Å². The first kappa shape index (κ1) is 20.9. The maximum Gasteiger partial charge on any atom is 0.329 e. The van der Waals surface area contributed by atoms with Crippen LogP contribution in [0, 0.1) is 0 Å². The zero-order valence-electron chi connectivity index (χ0n) is 16.6. The minimum absolute atomic E-state index is 0.0593. The molecular weight excluding hydrogens is 382 g/mol. The number of hydrogen-bond donors (Lipinski definition) is 2. The SMILES string of the molecule is CC(=O)N(c1ccc(O)cc1)C(Cc1ccc(O)cc1)C(=O)OCc1ccccc1. The number of benzene rings is 3. The molecule has 154 valence electrons. The first-order valence-corrected chi connectivity index (χ1v) is 9.51. The van der Waals surface area contributed by atoms with Crippen molar-refractivity contribution in [2.75, 3.05) is 4.90 Å². The van der Waals surface area contributed by atoms with Gasteiger partial charge in [-0.1, -0.05) is 42.5 Å². The molecule has 0 aliphatic carbocycles. The van der Waals surface area contributed by atoms with Gasteiger partial charge in [-0.05, 0) is 47.5 Å². The maximum atomic E-state index is 13.1. The Morgan fingerprint density at radius 2 is 1.40 bits per heavy atom. The molecular formula is C24H23NO5. The Morgan fingerprint density at radius 1 is 0.833 bits per heavy atom. The number of anilines is 1. The van der Waals surface area contributed by atoms with Crippen molar-refractivity contribution in [2.24, 2.45) is 0 Å². The molecule has 0 heterocycles. The Balaban J connectivity index is 1.89. The average molecular weight is 405 g/mol. The van der Waals surface area contributed by atoms with Gasteiger partial charge in [0.25, 0.3) is 0 Å². The van der Waals surface area contributed by atoms with Crippen molar-refractivity contribution in [2.45, 2.75) is 26.0 Å². The summed E-state index contributed by atoms with van der Waals surface area (Å²) in [6.07, 6.45) is 0.203. The fourth-order valence-electron chi connectivity index (χ4n) is 3.15. The molecule has 3 aromatic rings. The normalized spacial score (nSPS) is 11.5. The van der Waals surface area contributed by atoms with Crippen molar-refractivity contribution >= 4 is 17.6 Å². The van der Waals surface area contributed by atoms with E-state index in [-0.39, 0.29) is 30.4 Å². The van der Waals surface area contributed by atoms with E-state index >= 15 is 0 Å². The van der Waals surface area contributed by atoms with E-state index in [0.717, 1.165) is 11.1 Å². The summed E-state index contributed by atoms with van der Waals surface area (Å²) in [5.41, 5.74) is 2.08. The smallest absolute Gasteiger partial charge is 0.329 e. The highest BCUT2D eigenvalue weighted by Gasteiger charge is 2.31. The van der Waals surface area contributed by atoms with E-state index in [0.29, 0.717) is 5.69 Å². The summed E-state index contributed by atoms with van der Waals surface area (Å²) in [7, 11) is 0. The first-order valence-electron chi connectivity index (χ1n) is 9.51. The van der Waals surface area contributed by atoms with Gasteiger partial charge in [-0.3, -0.25) is 9.69 Å². The summed E-state index contributed by atoms with van der Waals surface area (Å²) in [6, 6.07) is 20.9. The van der Waals surface area contributed by atoms with Crippen molar-refractivity contribution in [3.8, 4) is 11.5 Å². The molecule has 0 bridgehead atoms. The Kier molecular flexibility index (Phi) is 6.70. The zero-order chi connectivity index (χ0) is 21.5. The average Bonchev–Trinajstić information content (AvgIpc) is 2.75. The van der Waals surface area contributed by atoms with Crippen LogP contribution in [-0.4, -0.2) is 28.1 Å². The van der Waals surface area contributed by atoms with E-state index in [1.54, 1.807) is 24.3 Å². The van der Waals surface area contributed by atoms with Crippen molar-refractivity contribution in [3.05, 3.63) is 90.0 Å². The van der Waals surface area contributed by atoms with Crippen LogP contribution in [0.3, 0.4) is 0 Å². The van der Waals surface area contributed by atoms with Crippen LogP contribution in [-0.2, 0) is 27.4 Å². The lowest BCUT2D eigenvalue weighted by Gasteiger charge is -2.29. The number of ether oxygens (including phenoxy) is 1. The van der Waals surface area contributed by atoms with Gasteiger partial charge in [0.05, 0.1) is 0 Å². The predicted octanol–water partition coefficient (Wildman–Crippen LogP) is 3.81. The molecule has 0 spiro atoms. The fourth-order valence-corrected chi connectivity index (χ4v) is 3.15. The number of carbonyl (C=O) groups is 2. The molecule has 0 aliphatic heterocycles. The van der Waals surface area contributed by atoms with Crippen LogP contribution in [0.1, 0.15) is 18.1 Å². The Morgan fingerprint density at radius 3 is 1.97 bits per heavy atom. The van der Waals surface area contributed by atoms with Crippen molar-refractivity contribution in [1.29, 1.82) is 0 Å². The van der Waals surface area contributed by atoms with Crippen LogP contribution >= 0.6 is 0 Å². The van der Waals surface area contributed by atoms with Gasteiger partial charge in [0, 0.05) is 19.0 Å². The van der Waals surface area contributed by atoms with Gasteiger partial charge in [-0.2, -0.15) is 0 Å². The second-order valence-electron chi connectivity index (χ2n) is 6.89. The molecule has 0 aliphatic rings. The molecule has 3 aromatic carbocycles. The number of phenols is 2. The van der Waals surface area contributed by atoms with Crippen LogP contribution in [0.4, 0.5) is 5.69 Å². The minimum Gasteiger partial charge on any atom is -0.508 e. The van der Waals surface area contributed by atoms with E-state index in [1.807, 2.05) is 30.3 Å². The van der Waals surface area contributed by atoms with E-state index in [2.05, 4.69) is 0 Å².